The lowest BCUT2D eigenvalue weighted by molar-refractivity contribution is 0.0514. The Morgan fingerprint density at radius 1 is 1.15 bits per heavy atom. The molecule has 0 spiro atoms. The molecule has 0 saturated heterocycles. The maximum Gasteiger partial charge on any atom is 0.408 e. The second kappa shape index (κ2) is 11.0. The molecule has 26 heavy (non-hydrogen) atoms. The summed E-state index contributed by atoms with van der Waals surface area (Å²) in [6.45, 7) is 6.10. The average Bonchev–Trinajstić information content (AvgIpc) is 2.58. The summed E-state index contributed by atoms with van der Waals surface area (Å²) in [5, 5.41) is 5.34. The minimum Gasteiger partial charge on any atom is -0.445 e. The maximum atomic E-state index is 11.7. The highest BCUT2D eigenvalue weighted by atomic mass is 16.6. The Labute approximate surface area is 155 Å². The largest absolute Gasteiger partial charge is 0.445 e. The van der Waals surface area contributed by atoms with Crippen molar-refractivity contribution in [1.82, 2.24) is 10.6 Å². The van der Waals surface area contributed by atoms with Crippen LogP contribution in [0, 0.1) is 12.3 Å². The number of nitrogens with one attached hydrogen (secondary N) is 2. The van der Waals surface area contributed by atoms with Crippen molar-refractivity contribution < 1.29 is 19.1 Å². The fourth-order valence-corrected chi connectivity index (χ4v) is 2.09. The van der Waals surface area contributed by atoms with E-state index < -0.39 is 23.8 Å². The van der Waals surface area contributed by atoms with Gasteiger partial charge in [-0.1, -0.05) is 36.3 Å². The number of terminal acetylenes is 1. The first kappa shape index (κ1) is 21.4. The van der Waals surface area contributed by atoms with Gasteiger partial charge in [0.25, 0.3) is 0 Å². The van der Waals surface area contributed by atoms with E-state index in [1.807, 2.05) is 30.3 Å². The second-order valence-electron chi connectivity index (χ2n) is 6.85. The number of carbonyl (C=O) groups is 2. The Hall–Kier alpha value is -2.68. The van der Waals surface area contributed by atoms with Crippen molar-refractivity contribution in [3.05, 3.63) is 35.9 Å². The molecule has 1 aromatic carbocycles. The molecule has 0 saturated carbocycles. The molecule has 1 atom stereocenters. The molecular formula is C20H28N2O4. The summed E-state index contributed by atoms with van der Waals surface area (Å²) in [6.07, 6.45) is 6.55. The molecular weight excluding hydrogens is 332 g/mol. The van der Waals surface area contributed by atoms with Gasteiger partial charge in [-0.05, 0) is 45.6 Å². The molecule has 0 unspecified atom stereocenters. The van der Waals surface area contributed by atoms with Gasteiger partial charge in [-0.15, -0.1) is 6.42 Å². The molecule has 0 bridgehead atoms. The van der Waals surface area contributed by atoms with Crippen molar-refractivity contribution in [2.75, 3.05) is 6.54 Å². The van der Waals surface area contributed by atoms with Gasteiger partial charge in [0.15, 0.2) is 0 Å². The molecule has 0 aliphatic carbocycles. The summed E-state index contributed by atoms with van der Waals surface area (Å²) in [7, 11) is 0. The summed E-state index contributed by atoms with van der Waals surface area (Å²) in [6, 6.07) is 9.09. The number of benzene rings is 1. The highest BCUT2D eigenvalue weighted by Crippen LogP contribution is 2.08. The zero-order chi connectivity index (χ0) is 19.4. The predicted octanol–water partition coefficient (Wildman–Crippen LogP) is 3.61. The van der Waals surface area contributed by atoms with Crippen molar-refractivity contribution in [3.8, 4) is 12.3 Å². The molecule has 2 amide bonds. The zero-order valence-corrected chi connectivity index (χ0v) is 15.7. The van der Waals surface area contributed by atoms with Crippen molar-refractivity contribution in [2.45, 2.75) is 58.3 Å². The van der Waals surface area contributed by atoms with Gasteiger partial charge in [-0.3, -0.25) is 0 Å². The third-order valence-corrected chi connectivity index (χ3v) is 3.29. The number of carbonyl (C=O) groups excluding carboxylic acids is 2. The Kier molecular flexibility index (Phi) is 9.07. The van der Waals surface area contributed by atoms with Crippen LogP contribution in [0.25, 0.3) is 0 Å². The molecule has 0 aliphatic rings. The van der Waals surface area contributed by atoms with Crippen LogP contribution in [0.4, 0.5) is 9.59 Å². The number of amides is 2. The summed E-state index contributed by atoms with van der Waals surface area (Å²) >= 11 is 0. The van der Waals surface area contributed by atoms with Crippen molar-refractivity contribution >= 4 is 12.2 Å². The molecule has 6 nitrogen and oxygen atoms in total. The SMILES string of the molecule is C#C[C@H](CCCCNC(=O)OCc1ccccc1)NC(=O)OC(C)(C)C. The monoisotopic (exact) mass is 360 g/mol. The Bertz CT molecular complexity index is 602. The van der Waals surface area contributed by atoms with Crippen LogP contribution in [-0.4, -0.2) is 30.4 Å². The summed E-state index contributed by atoms with van der Waals surface area (Å²) in [4.78, 5) is 23.3. The fraction of sp³-hybridized carbons (Fsp3) is 0.500. The molecule has 1 rings (SSSR count). The number of hydrogen-bond acceptors (Lipinski definition) is 4. The van der Waals surface area contributed by atoms with Gasteiger partial charge in [-0.2, -0.15) is 0 Å². The van der Waals surface area contributed by atoms with Gasteiger partial charge >= 0.3 is 12.2 Å². The molecule has 142 valence electrons. The van der Waals surface area contributed by atoms with Crippen LogP contribution < -0.4 is 10.6 Å². The van der Waals surface area contributed by atoms with E-state index in [4.69, 9.17) is 15.9 Å². The van der Waals surface area contributed by atoms with E-state index in [0.717, 1.165) is 18.4 Å². The highest BCUT2D eigenvalue weighted by Gasteiger charge is 2.18. The molecule has 0 aliphatic heterocycles. The summed E-state index contributed by atoms with van der Waals surface area (Å²) in [5.41, 5.74) is 0.375. The van der Waals surface area contributed by atoms with Crippen LogP contribution in [0.2, 0.25) is 0 Å². The normalized spacial score (nSPS) is 11.8. The van der Waals surface area contributed by atoms with E-state index in [0.29, 0.717) is 13.0 Å². The Balaban J connectivity index is 2.13. The Morgan fingerprint density at radius 2 is 1.85 bits per heavy atom. The second-order valence-corrected chi connectivity index (χ2v) is 6.85. The van der Waals surface area contributed by atoms with Crippen molar-refractivity contribution in [1.29, 1.82) is 0 Å². The average molecular weight is 360 g/mol. The van der Waals surface area contributed by atoms with Gasteiger partial charge < -0.3 is 20.1 Å². The topological polar surface area (TPSA) is 76.7 Å². The van der Waals surface area contributed by atoms with Crippen molar-refractivity contribution in [3.63, 3.8) is 0 Å². The van der Waals surface area contributed by atoms with E-state index >= 15 is 0 Å². The standard InChI is InChI=1S/C20H28N2O4/c1-5-17(22-19(24)26-20(2,3)4)13-9-10-14-21-18(23)25-15-16-11-7-6-8-12-16/h1,6-8,11-12,17H,9-10,13-15H2,2-4H3,(H,21,23)(H,22,24)/t17-/m1/s1. The number of unbranched alkanes of at least 4 members (excludes halogenated alkanes) is 1. The minimum atomic E-state index is -0.562. The van der Waals surface area contributed by atoms with Crippen molar-refractivity contribution in [2.24, 2.45) is 0 Å². The van der Waals surface area contributed by atoms with Gasteiger partial charge in [-0.25, -0.2) is 9.59 Å². The minimum absolute atomic E-state index is 0.242. The molecule has 2 N–H and O–H groups in total. The van der Waals surface area contributed by atoms with Gasteiger partial charge in [0.1, 0.15) is 12.2 Å². The van der Waals surface area contributed by atoms with Crippen LogP contribution in [0.15, 0.2) is 30.3 Å². The van der Waals surface area contributed by atoms with Crippen LogP contribution in [-0.2, 0) is 16.1 Å². The smallest absolute Gasteiger partial charge is 0.408 e. The van der Waals surface area contributed by atoms with Gasteiger partial charge in [0, 0.05) is 6.54 Å². The fourth-order valence-electron chi connectivity index (χ4n) is 2.09. The lowest BCUT2D eigenvalue weighted by atomic mass is 10.1. The van der Waals surface area contributed by atoms with E-state index in [9.17, 15) is 9.59 Å². The maximum absolute atomic E-state index is 11.7. The van der Waals surface area contributed by atoms with Crippen LogP contribution in [0.1, 0.15) is 45.6 Å². The van der Waals surface area contributed by atoms with E-state index in [1.165, 1.54) is 0 Å². The summed E-state index contributed by atoms with van der Waals surface area (Å²) in [5.74, 6) is 2.53. The van der Waals surface area contributed by atoms with Gasteiger partial charge in [0.2, 0.25) is 0 Å². The molecule has 0 radical (unpaired) electrons. The third-order valence-electron chi connectivity index (χ3n) is 3.29. The lowest BCUT2D eigenvalue weighted by Gasteiger charge is -2.21. The van der Waals surface area contributed by atoms with E-state index in [2.05, 4.69) is 16.6 Å². The first-order valence-corrected chi connectivity index (χ1v) is 8.70. The molecule has 0 heterocycles. The highest BCUT2D eigenvalue weighted by molar-refractivity contribution is 5.68. The van der Waals surface area contributed by atoms with Crippen LogP contribution in [0.3, 0.4) is 0 Å². The number of ether oxygens (including phenoxy) is 2. The molecule has 6 heteroatoms. The van der Waals surface area contributed by atoms with Crippen LogP contribution in [0.5, 0.6) is 0 Å². The molecule has 0 fully saturated rings. The molecule has 0 aromatic heterocycles. The third kappa shape index (κ3) is 10.2. The predicted molar refractivity (Wildman–Crippen MR) is 100 cm³/mol. The first-order chi connectivity index (χ1) is 12.3. The van der Waals surface area contributed by atoms with E-state index in [-0.39, 0.29) is 6.61 Å². The zero-order valence-electron chi connectivity index (χ0n) is 15.7. The number of alkyl carbamates (subject to hydrolysis) is 2. The lowest BCUT2D eigenvalue weighted by Crippen LogP contribution is -2.38. The quantitative estimate of drug-likeness (QED) is 0.548. The number of rotatable bonds is 8. The number of hydrogen-bond donors (Lipinski definition) is 2. The van der Waals surface area contributed by atoms with E-state index in [1.54, 1.807) is 20.8 Å². The Morgan fingerprint density at radius 3 is 2.46 bits per heavy atom. The van der Waals surface area contributed by atoms with Gasteiger partial charge in [0.05, 0.1) is 6.04 Å². The van der Waals surface area contributed by atoms with Crippen LogP contribution >= 0.6 is 0 Å². The first-order valence-electron chi connectivity index (χ1n) is 8.70. The molecule has 1 aromatic rings. The summed E-state index contributed by atoms with van der Waals surface area (Å²) < 4.78 is 10.3.